The molecule has 0 aliphatic heterocycles. The number of carboxylic acids is 3. The molecule has 0 saturated heterocycles. The molecule has 0 saturated carbocycles. The van der Waals surface area contributed by atoms with Crippen LogP contribution in [0, 0.1) is 0 Å². The number of carbonyl (C=O) groups excluding carboxylic acids is 3. The first-order valence-corrected chi connectivity index (χ1v) is 10.1. The summed E-state index contributed by atoms with van der Waals surface area (Å²) in [6.07, 6.45) is -1.73. The highest BCUT2D eigenvalue weighted by Crippen LogP contribution is 2.04. The van der Waals surface area contributed by atoms with Crippen molar-refractivity contribution in [3.63, 3.8) is 0 Å². The maximum absolute atomic E-state index is 12.6. The van der Waals surface area contributed by atoms with Crippen LogP contribution in [0.25, 0.3) is 0 Å². The summed E-state index contributed by atoms with van der Waals surface area (Å²) >= 11 is 0. The van der Waals surface area contributed by atoms with Crippen LogP contribution in [-0.4, -0.2) is 87.6 Å². The van der Waals surface area contributed by atoms with Crippen LogP contribution in [0.3, 0.4) is 0 Å². The van der Waals surface area contributed by atoms with Crippen LogP contribution >= 0.6 is 0 Å². The summed E-state index contributed by atoms with van der Waals surface area (Å²) in [4.78, 5) is 74.2. The van der Waals surface area contributed by atoms with E-state index in [1.807, 2.05) is 0 Å². The summed E-state index contributed by atoms with van der Waals surface area (Å²) in [5, 5.41) is 33.7. The summed E-state index contributed by atoms with van der Waals surface area (Å²) in [5.41, 5.74) is 15.8. The molecule has 0 radical (unpaired) electrons. The minimum Gasteiger partial charge on any atom is -0.481 e. The van der Waals surface area contributed by atoms with Crippen LogP contribution in [0.15, 0.2) is 4.99 Å². The number of hydrogen-bond acceptors (Lipinski definition) is 8. The van der Waals surface area contributed by atoms with Crippen LogP contribution < -0.4 is 33.2 Å². The normalized spacial score (nSPS) is 13.9. The fourth-order valence-corrected chi connectivity index (χ4v) is 2.53. The van der Waals surface area contributed by atoms with E-state index in [0.717, 1.165) is 0 Å². The van der Waals surface area contributed by atoms with E-state index in [1.54, 1.807) is 0 Å². The standard InChI is InChI=1S/C18H31N7O9/c1-8(19)14(30)23-9(4-5-12(26)27)15(31)25-11(7-13(28)29)16(32)24-10(17(33)34)3-2-6-22-18(20)21/h8-11H,2-7,19H2,1H3,(H,23,30)(H,24,32)(H,25,31)(H,26,27)(H,28,29)(H,33,34)(H4,20,21,22)/t8-,9-,10-,11-/m0/s1. The van der Waals surface area contributed by atoms with Gasteiger partial charge in [-0.2, -0.15) is 0 Å². The molecule has 16 nitrogen and oxygen atoms in total. The molecule has 0 heterocycles. The zero-order valence-corrected chi connectivity index (χ0v) is 18.5. The van der Waals surface area contributed by atoms with Crippen molar-refractivity contribution in [2.24, 2.45) is 22.2 Å². The van der Waals surface area contributed by atoms with Crippen molar-refractivity contribution in [1.29, 1.82) is 0 Å². The Kier molecular flexibility index (Phi) is 13.2. The maximum atomic E-state index is 12.6. The fourth-order valence-electron chi connectivity index (χ4n) is 2.53. The van der Waals surface area contributed by atoms with Crippen LogP contribution in [0.5, 0.6) is 0 Å². The van der Waals surface area contributed by atoms with E-state index in [-0.39, 0.29) is 31.8 Å². The Hall–Kier alpha value is -3.95. The first kappa shape index (κ1) is 30.0. The molecule has 0 aromatic carbocycles. The Bertz CT molecular complexity index is 797. The second-order valence-corrected chi connectivity index (χ2v) is 7.29. The van der Waals surface area contributed by atoms with Gasteiger partial charge in [-0.15, -0.1) is 0 Å². The molecular weight excluding hydrogens is 458 g/mol. The minimum absolute atomic E-state index is 0.0851. The van der Waals surface area contributed by atoms with Crippen molar-refractivity contribution < 1.29 is 44.1 Å². The number of carboxylic acid groups (broad SMARTS) is 3. The zero-order valence-electron chi connectivity index (χ0n) is 18.5. The van der Waals surface area contributed by atoms with Gasteiger partial charge in [0.25, 0.3) is 0 Å². The van der Waals surface area contributed by atoms with Crippen molar-refractivity contribution >= 4 is 41.6 Å². The van der Waals surface area contributed by atoms with Gasteiger partial charge in [0.05, 0.1) is 12.5 Å². The minimum atomic E-state index is -1.72. The van der Waals surface area contributed by atoms with E-state index in [9.17, 15) is 33.9 Å². The molecule has 0 bridgehead atoms. The molecule has 0 aromatic heterocycles. The molecule has 3 amide bonds. The van der Waals surface area contributed by atoms with Crippen molar-refractivity contribution in [3.05, 3.63) is 0 Å². The second kappa shape index (κ2) is 15.0. The number of carbonyl (C=O) groups is 6. The molecule has 0 unspecified atom stereocenters. The molecule has 0 rings (SSSR count). The quantitative estimate of drug-likeness (QED) is 0.0574. The van der Waals surface area contributed by atoms with Gasteiger partial charge < -0.3 is 48.5 Å². The van der Waals surface area contributed by atoms with Crippen molar-refractivity contribution in [2.45, 2.75) is 63.2 Å². The Morgan fingerprint density at radius 3 is 1.79 bits per heavy atom. The van der Waals surface area contributed by atoms with Crippen molar-refractivity contribution in [1.82, 2.24) is 16.0 Å². The molecule has 0 spiro atoms. The van der Waals surface area contributed by atoms with Crippen LogP contribution in [-0.2, 0) is 28.8 Å². The number of aliphatic imine (C=N–C) groups is 1. The molecule has 0 aliphatic carbocycles. The molecule has 12 N–H and O–H groups in total. The van der Waals surface area contributed by atoms with E-state index in [0.29, 0.717) is 0 Å². The first-order valence-electron chi connectivity index (χ1n) is 10.1. The average molecular weight is 489 g/mol. The summed E-state index contributed by atoms with van der Waals surface area (Å²) < 4.78 is 0. The molecule has 0 aromatic rings. The lowest BCUT2D eigenvalue weighted by Crippen LogP contribution is -2.57. The van der Waals surface area contributed by atoms with E-state index in [2.05, 4.69) is 20.9 Å². The van der Waals surface area contributed by atoms with E-state index >= 15 is 0 Å². The lowest BCUT2D eigenvalue weighted by atomic mass is 10.1. The summed E-state index contributed by atoms with van der Waals surface area (Å²) in [6.45, 7) is 1.41. The van der Waals surface area contributed by atoms with Gasteiger partial charge in [0.1, 0.15) is 18.1 Å². The van der Waals surface area contributed by atoms with Crippen LogP contribution in [0.1, 0.15) is 39.0 Å². The van der Waals surface area contributed by atoms with Gasteiger partial charge in [0, 0.05) is 13.0 Å². The Labute approximate surface area is 194 Å². The number of guanidine groups is 1. The second-order valence-electron chi connectivity index (χ2n) is 7.29. The molecule has 4 atom stereocenters. The summed E-state index contributed by atoms with van der Waals surface area (Å²) in [6, 6.07) is -5.62. The highest BCUT2D eigenvalue weighted by Gasteiger charge is 2.31. The monoisotopic (exact) mass is 489 g/mol. The predicted molar refractivity (Wildman–Crippen MR) is 116 cm³/mol. The van der Waals surface area contributed by atoms with E-state index in [1.165, 1.54) is 6.92 Å². The lowest BCUT2D eigenvalue weighted by molar-refractivity contribution is -0.143. The topological polar surface area (TPSA) is 290 Å². The van der Waals surface area contributed by atoms with Gasteiger partial charge in [0.15, 0.2) is 5.96 Å². The van der Waals surface area contributed by atoms with Crippen LogP contribution in [0.2, 0.25) is 0 Å². The van der Waals surface area contributed by atoms with E-state index in [4.69, 9.17) is 27.4 Å². The molecule has 16 heteroatoms. The number of amides is 3. The highest BCUT2D eigenvalue weighted by atomic mass is 16.4. The number of aliphatic carboxylic acids is 3. The van der Waals surface area contributed by atoms with Gasteiger partial charge in [0.2, 0.25) is 17.7 Å². The third kappa shape index (κ3) is 12.8. The highest BCUT2D eigenvalue weighted by molar-refractivity contribution is 5.95. The summed E-state index contributed by atoms with van der Waals surface area (Å²) in [7, 11) is 0. The Morgan fingerprint density at radius 1 is 0.794 bits per heavy atom. The molecule has 0 fully saturated rings. The van der Waals surface area contributed by atoms with Crippen LogP contribution in [0.4, 0.5) is 0 Å². The number of hydrogen-bond donors (Lipinski definition) is 9. The van der Waals surface area contributed by atoms with Gasteiger partial charge in [-0.1, -0.05) is 0 Å². The number of nitrogens with two attached hydrogens (primary N) is 3. The first-order chi connectivity index (χ1) is 15.7. The SMILES string of the molecule is C[C@H](N)C(=O)N[C@@H](CCC(=O)O)C(=O)N[C@@H](CC(=O)O)C(=O)N[C@@H](CCCN=C(N)N)C(=O)O. The molecule has 192 valence electrons. The number of nitrogens with one attached hydrogen (secondary N) is 3. The fraction of sp³-hybridized carbons (Fsp3) is 0.611. The van der Waals surface area contributed by atoms with Gasteiger partial charge in [-0.05, 0) is 26.2 Å². The smallest absolute Gasteiger partial charge is 0.326 e. The molecular formula is C18H31N7O9. The zero-order chi connectivity index (χ0) is 26.4. The Balaban J connectivity index is 5.44. The maximum Gasteiger partial charge on any atom is 0.326 e. The lowest BCUT2D eigenvalue weighted by Gasteiger charge is -2.24. The summed E-state index contributed by atoms with van der Waals surface area (Å²) in [5.74, 6) is -7.30. The van der Waals surface area contributed by atoms with Gasteiger partial charge >= 0.3 is 17.9 Å². The third-order valence-electron chi connectivity index (χ3n) is 4.27. The van der Waals surface area contributed by atoms with Gasteiger partial charge in [-0.25, -0.2) is 4.79 Å². The van der Waals surface area contributed by atoms with Gasteiger partial charge in [-0.3, -0.25) is 29.0 Å². The van der Waals surface area contributed by atoms with E-state index < -0.39 is 72.6 Å². The molecule has 0 aliphatic rings. The third-order valence-corrected chi connectivity index (χ3v) is 4.27. The molecule has 34 heavy (non-hydrogen) atoms. The number of nitrogens with zero attached hydrogens (tertiary/aromatic N) is 1. The van der Waals surface area contributed by atoms with Crippen molar-refractivity contribution in [2.75, 3.05) is 6.54 Å². The van der Waals surface area contributed by atoms with Crippen molar-refractivity contribution in [3.8, 4) is 0 Å². The number of rotatable bonds is 16. The average Bonchev–Trinajstić information content (AvgIpc) is 2.71. The largest absolute Gasteiger partial charge is 0.481 e. The predicted octanol–water partition coefficient (Wildman–Crippen LogP) is -3.73. The Morgan fingerprint density at radius 2 is 1.32 bits per heavy atom.